The molecule has 0 saturated carbocycles. The minimum Gasteiger partial charge on any atom is -0.294 e. The van der Waals surface area contributed by atoms with Gasteiger partial charge in [0.05, 0.1) is 5.02 Å². The van der Waals surface area contributed by atoms with Gasteiger partial charge in [0.15, 0.2) is 5.78 Å². The highest BCUT2D eigenvalue weighted by Gasteiger charge is 2.30. The summed E-state index contributed by atoms with van der Waals surface area (Å²) in [7, 11) is 0. The first kappa shape index (κ1) is 11.4. The Kier molecular flexibility index (Phi) is 2.67. The van der Waals surface area contributed by atoms with Crippen molar-refractivity contribution in [1.82, 2.24) is 0 Å². The Morgan fingerprint density at radius 1 is 1.17 bits per heavy atom. The van der Waals surface area contributed by atoms with E-state index in [2.05, 4.69) is 0 Å². The molecule has 0 radical (unpaired) electrons. The molecule has 2 aromatic rings. The molecule has 0 saturated heterocycles. The number of halogens is 2. The van der Waals surface area contributed by atoms with Crippen molar-refractivity contribution < 1.29 is 9.18 Å². The zero-order valence-electron chi connectivity index (χ0n) is 9.49. The van der Waals surface area contributed by atoms with Gasteiger partial charge >= 0.3 is 0 Å². The summed E-state index contributed by atoms with van der Waals surface area (Å²) in [5.74, 6) is -0.305. The summed E-state index contributed by atoms with van der Waals surface area (Å²) in [4.78, 5) is 11.9. The smallest absolute Gasteiger partial charge is 0.164 e. The van der Waals surface area contributed by atoms with Crippen LogP contribution in [0.4, 0.5) is 4.39 Å². The molecule has 1 aliphatic carbocycles. The Morgan fingerprint density at radius 2 is 1.94 bits per heavy atom. The molecule has 0 bridgehead atoms. The number of rotatable bonds is 1. The van der Waals surface area contributed by atoms with Gasteiger partial charge in [-0.15, -0.1) is 0 Å². The summed E-state index contributed by atoms with van der Waals surface area (Å²) in [5.41, 5.74) is 2.66. The van der Waals surface area contributed by atoms with E-state index in [1.165, 1.54) is 6.07 Å². The van der Waals surface area contributed by atoms with Crippen LogP contribution >= 0.6 is 11.6 Å². The molecule has 0 heterocycles. The van der Waals surface area contributed by atoms with Crippen LogP contribution in [0, 0.1) is 5.82 Å². The molecule has 0 aromatic heterocycles. The standard InChI is InChI=1S/C15H10ClFO/c16-13-7-9(5-6-14(13)17)12-8-15(18)11-4-2-1-3-10(11)12/h1-7,12H,8H2. The lowest BCUT2D eigenvalue weighted by Gasteiger charge is -2.11. The summed E-state index contributed by atoms with van der Waals surface area (Å²) < 4.78 is 13.2. The van der Waals surface area contributed by atoms with Gasteiger partial charge in [0.2, 0.25) is 0 Å². The van der Waals surface area contributed by atoms with Crippen LogP contribution in [0.15, 0.2) is 42.5 Å². The van der Waals surface area contributed by atoms with Crippen molar-refractivity contribution in [3.63, 3.8) is 0 Å². The van der Waals surface area contributed by atoms with Crippen molar-refractivity contribution in [2.24, 2.45) is 0 Å². The van der Waals surface area contributed by atoms with Crippen molar-refractivity contribution in [3.8, 4) is 0 Å². The maximum absolute atomic E-state index is 13.2. The Hall–Kier alpha value is -1.67. The highest BCUT2D eigenvalue weighted by molar-refractivity contribution is 6.30. The zero-order chi connectivity index (χ0) is 12.7. The van der Waals surface area contributed by atoms with E-state index in [0.29, 0.717) is 6.42 Å². The van der Waals surface area contributed by atoms with E-state index in [0.717, 1.165) is 16.7 Å². The lowest BCUT2D eigenvalue weighted by molar-refractivity contribution is 0.0991. The van der Waals surface area contributed by atoms with Crippen LogP contribution in [0.2, 0.25) is 5.02 Å². The second-order valence-corrected chi connectivity index (χ2v) is 4.85. The first-order valence-electron chi connectivity index (χ1n) is 5.74. The molecule has 1 unspecified atom stereocenters. The molecule has 1 atom stereocenters. The third-order valence-corrected chi connectivity index (χ3v) is 3.66. The molecule has 0 fully saturated rings. The number of Topliss-reactive ketones (excluding diaryl/α,β-unsaturated/α-hetero) is 1. The van der Waals surface area contributed by atoms with Crippen molar-refractivity contribution in [2.75, 3.05) is 0 Å². The van der Waals surface area contributed by atoms with Crippen LogP contribution in [0.1, 0.15) is 33.8 Å². The van der Waals surface area contributed by atoms with Gasteiger partial charge in [-0.2, -0.15) is 0 Å². The van der Waals surface area contributed by atoms with Gasteiger partial charge in [-0.3, -0.25) is 4.79 Å². The van der Waals surface area contributed by atoms with Gasteiger partial charge in [-0.05, 0) is 23.3 Å². The fourth-order valence-electron chi connectivity index (χ4n) is 2.49. The summed E-state index contributed by atoms with van der Waals surface area (Å²) >= 11 is 5.80. The van der Waals surface area contributed by atoms with Gasteiger partial charge < -0.3 is 0 Å². The number of carbonyl (C=O) groups excluding carboxylic acids is 1. The largest absolute Gasteiger partial charge is 0.294 e. The lowest BCUT2D eigenvalue weighted by atomic mass is 9.93. The Bertz CT molecular complexity index is 636. The van der Waals surface area contributed by atoms with E-state index in [1.54, 1.807) is 12.1 Å². The predicted molar refractivity (Wildman–Crippen MR) is 68.6 cm³/mol. The molecular formula is C15H10ClFO. The molecule has 3 heteroatoms. The molecule has 2 aromatic carbocycles. The maximum Gasteiger partial charge on any atom is 0.164 e. The lowest BCUT2D eigenvalue weighted by Crippen LogP contribution is -1.97. The Morgan fingerprint density at radius 3 is 2.72 bits per heavy atom. The van der Waals surface area contributed by atoms with Gasteiger partial charge in [-0.25, -0.2) is 4.39 Å². The summed E-state index contributed by atoms with van der Waals surface area (Å²) in [6.45, 7) is 0. The number of hydrogen-bond acceptors (Lipinski definition) is 1. The van der Waals surface area contributed by atoms with Gasteiger partial charge in [0.25, 0.3) is 0 Å². The molecule has 18 heavy (non-hydrogen) atoms. The second-order valence-electron chi connectivity index (χ2n) is 4.44. The van der Waals surface area contributed by atoms with Crippen LogP contribution in [0.25, 0.3) is 0 Å². The second kappa shape index (κ2) is 4.21. The van der Waals surface area contributed by atoms with E-state index >= 15 is 0 Å². The van der Waals surface area contributed by atoms with E-state index in [9.17, 15) is 9.18 Å². The van der Waals surface area contributed by atoms with Crippen molar-refractivity contribution >= 4 is 17.4 Å². The van der Waals surface area contributed by atoms with Crippen LogP contribution < -0.4 is 0 Å². The van der Waals surface area contributed by atoms with Gasteiger partial charge in [-0.1, -0.05) is 41.9 Å². The van der Waals surface area contributed by atoms with Crippen molar-refractivity contribution in [1.29, 1.82) is 0 Å². The number of hydrogen-bond donors (Lipinski definition) is 0. The summed E-state index contributed by atoms with van der Waals surface area (Å²) in [6, 6.07) is 12.2. The van der Waals surface area contributed by atoms with Gasteiger partial charge in [0.1, 0.15) is 5.82 Å². The quantitative estimate of drug-likeness (QED) is 0.751. The van der Waals surface area contributed by atoms with E-state index in [1.807, 2.05) is 24.3 Å². The number of carbonyl (C=O) groups is 1. The minimum absolute atomic E-state index is 0.00759. The van der Waals surface area contributed by atoms with Crippen molar-refractivity contribution in [2.45, 2.75) is 12.3 Å². The van der Waals surface area contributed by atoms with E-state index < -0.39 is 5.82 Å². The van der Waals surface area contributed by atoms with E-state index in [4.69, 9.17) is 11.6 Å². The molecule has 0 aliphatic heterocycles. The molecule has 0 spiro atoms. The molecule has 1 aliphatic rings. The fraction of sp³-hybridized carbons (Fsp3) is 0.133. The SMILES string of the molecule is O=C1CC(c2ccc(F)c(Cl)c2)c2ccccc21. The highest BCUT2D eigenvalue weighted by atomic mass is 35.5. The molecule has 1 nitrogen and oxygen atoms in total. The average molecular weight is 261 g/mol. The topological polar surface area (TPSA) is 17.1 Å². The van der Waals surface area contributed by atoms with E-state index in [-0.39, 0.29) is 16.7 Å². The maximum atomic E-state index is 13.2. The highest BCUT2D eigenvalue weighted by Crippen LogP contribution is 2.38. The Labute approximate surface area is 109 Å². The normalized spacial score (nSPS) is 17.9. The molecular weight excluding hydrogens is 251 g/mol. The van der Waals surface area contributed by atoms with Crippen LogP contribution in [0.3, 0.4) is 0 Å². The van der Waals surface area contributed by atoms with Crippen LogP contribution in [-0.4, -0.2) is 5.78 Å². The molecule has 90 valence electrons. The zero-order valence-corrected chi connectivity index (χ0v) is 10.2. The first-order valence-corrected chi connectivity index (χ1v) is 6.11. The van der Waals surface area contributed by atoms with Crippen molar-refractivity contribution in [3.05, 3.63) is 70.0 Å². The van der Waals surface area contributed by atoms with Crippen LogP contribution in [-0.2, 0) is 0 Å². The fourth-order valence-corrected chi connectivity index (χ4v) is 2.68. The monoisotopic (exact) mass is 260 g/mol. The summed E-state index contributed by atoms with van der Waals surface area (Å²) in [5, 5.41) is 0.101. The predicted octanol–water partition coefficient (Wildman–Crippen LogP) is 4.20. The third kappa shape index (κ3) is 1.73. The summed E-state index contributed by atoms with van der Waals surface area (Å²) in [6.07, 6.45) is 0.432. The number of fused-ring (bicyclic) bond motifs is 1. The Balaban J connectivity index is 2.09. The first-order chi connectivity index (χ1) is 8.66. The third-order valence-electron chi connectivity index (χ3n) is 3.37. The molecule has 0 N–H and O–H groups in total. The minimum atomic E-state index is -0.432. The average Bonchev–Trinajstić information content (AvgIpc) is 2.71. The number of ketones is 1. The molecule has 0 amide bonds. The van der Waals surface area contributed by atoms with Gasteiger partial charge in [0, 0.05) is 17.9 Å². The number of benzene rings is 2. The van der Waals surface area contributed by atoms with Crippen LogP contribution in [0.5, 0.6) is 0 Å². The molecule has 3 rings (SSSR count).